The van der Waals surface area contributed by atoms with Crippen molar-refractivity contribution in [1.29, 1.82) is 0 Å². The van der Waals surface area contributed by atoms with E-state index in [0.717, 1.165) is 29.9 Å². The number of ether oxygens (including phenoxy) is 2. The van der Waals surface area contributed by atoms with Crippen LogP contribution >= 0.6 is 0 Å². The Labute approximate surface area is 155 Å². The van der Waals surface area contributed by atoms with Crippen LogP contribution < -0.4 is 14.8 Å². The molecule has 2 aromatic rings. The van der Waals surface area contributed by atoms with Gasteiger partial charge < -0.3 is 14.8 Å². The predicted molar refractivity (Wildman–Crippen MR) is 103 cm³/mol. The van der Waals surface area contributed by atoms with E-state index in [0.29, 0.717) is 30.7 Å². The molecule has 138 valence electrons. The molecular formula is C22H27NO3. The molecule has 0 aliphatic heterocycles. The number of hydrogen-bond acceptors (Lipinski definition) is 3. The summed E-state index contributed by atoms with van der Waals surface area (Å²) in [6.45, 7) is 7.19. The van der Waals surface area contributed by atoms with E-state index in [1.54, 1.807) is 0 Å². The number of hydrogen-bond donors (Lipinski definition) is 1. The van der Waals surface area contributed by atoms with Crippen molar-refractivity contribution < 1.29 is 14.3 Å². The molecule has 0 saturated heterocycles. The Morgan fingerprint density at radius 1 is 1.12 bits per heavy atom. The summed E-state index contributed by atoms with van der Waals surface area (Å²) in [7, 11) is 0. The second-order valence-electron chi connectivity index (χ2n) is 6.98. The molecule has 0 atom stereocenters. The molecule has 1 aliphatic carbocycles. The summed E-state index contributed by atoms with van der Waals surface area (Å²) in [5.41, 5.74) is 2.71. The molecule has 0 aromatic heterocycles. The average Bonchev–Trinajstić information content (AvgIpc) is 3.45. The van der Waals surface area contributed by atoms with E-state index in [4.69, 9.17) is 9.47 Å². The third-order valence-corrected chi connectivity index (χ3v) is 4.46. The predicted octanol–water partition coefficient (Wildman–Crippen LogP) is 4.68. The van der Waals surface area contributed by atoms with Crippen molar-refractivity contribution in [2.45, 2.75) is 52.2 Å². The van der Waals surface area contributed by atoms with Crippen molar-refractivity contribution in [3.8, 4) is 11.5 Å². The molecule has 0 heterocycles. The molecule has 1 fully saturated rings. The summed E-state index contributed by atoms with van der Waals surface area (Å²) in [5.74, 6) is 1.99. The quantitative estimate of drug-likeness (QED) is 0.749. The fraction of sp³-hybridized carbons (Fsp3) is 0.409. The highest BCUT2D eigenvalue weighted by molar-refractivity contribution is 5.95. The van der Waals surface area contributed by atoms with Gasteiger partial charge in [-0.05, 0) is 55.5 Å². The van der Waals surface area contributed by atoms with Crippen molar-refractivity contribution in [2.75, 3.05) is 6.61 Å². The summed E-state index contributed by atoms with van der Waals surface area (Å²) in [5, 5.41) is 3.03. The minimum atomic E-state index is -0.0284. The number of benzene rings is 2. The summed E-state index contributed by atoms with van der Waals surface area (Å²) in [6, 6.07) is 14.0. The van der Waals surface area contributed by atoms with Crippen molar-refractivity contribution in [3.05, 3.63) is 59.2 Å². The molecule has 2 aromatic carbocycles. The van der Waals surface area contributed by atoms with E-state index in [9.17, 15) is 4.79 Å². The topological polar surface area (TPSA) is 47.6 Å². The van der Waals surface area contributed by atoms with Gasteiger partial charge in [0.15, 0.2) is 0 Å². The highest BCUT2D eigenvalue weighted by Gasteiger charge is 2.24. The number of nitrogens with one attached hydrogen (secondary N) is 1. The average molecular weight is 353 g/mol. The molecule has 4 heteroatoms. The standard InChI is InChI=1S/C22H27NO3/c1-4-25-20-12-9-16(22(24)23-18-10-11-18)13-17(20)14-26-21-8-6-5-7-19(21)15(2)3/h5-9,12-13,15,18H,4,10-11,14H2,1-3H3,(H,23,24). The van der Waals surface area contributed by atoms with Crippen LogP contribution in [-0.4, -0.2) is 18.6 Å². The summed E-state index contributed by atoms with van der Waals surface area (Å²) < 4.78 is 11.8. The SMILES string of the molecule is CCOc1ccc(C(=O)NC2CC2)cc1COc1ccccc1C(C)C. The van der Waals surface area contributed by atoms with Crippen LogP contribution in [0.3, 0.4) is 0 Å². The van der Waals surface area contributed by atoms with E-state index >= 15 is 0 Å². The number of carbonyl (C=O) groups excluding carboxylic acids is 1. The van der Waals surface area contributed by atoms with E-state index in [-0.39, 0.29) is 5.91 Å². The van der Waals surface area contributed by atoms with E-state index < -0.39 is 0 Å². The second kappa shape index (κ2) is 8.26. The third kappa shape index (κ3) is 4.57. The van der Waals surface area contributed by atoms with Gasteiger partial charge in [0.25, 0.3) is 5.91 Å². The molecule has 0 unspecified atom stereocenters. The van der Waals surface area contributed by atoms with Crippen LogP contribution in [0.1, 0.15) is 61.0 Å². The van der Waals surface area contributed by atoms with Gasteiger partial charge in [-0.25, -0.2) is 0 Å². The first-order valence-corrected chi connectivity index (χ1v) is 9.36. The maximum absolute atomic E-state index is 12.3. The van der Waals surface area contributed by atoms with Crippen LogP contribution in [0.25, 0.3) is 0 Å². The number of rotatable bonds is 8. The van der Waals surface area contributed by atoms with Crippen LogP contribution in [0, 0.1) is 0 Å². The number of carbonyl (C=O) groups is 1. The third-order valence-electron chi connectivity index (χ3n) is 4.46. The van der Waals surface area contributed by atoms with Gasteiger partial charge in [0.2, 0.25) is 0 Å². The van der Waals surface area contributed by atoms with Crippen LogP contribution in [0.2, 0.25) is 0 Å². The summed E-state index contributed by atoms with van der Waals surface area (Å²) >= 11 is 0. The largest absolute Gasteiger partial charge is 0.493 e. The summed E-state index contributed by atoms with van der Waals surface area (Å²) in [4.78, 5) is 12.3. The number of para-hydroxylation sites is 1. The van der Waals surface area contributed by atoms with E-state index in [1.807, 2.05) is 43.3 Å². The fourth-order valence-corrected chi connectivity index (χ4v) is 2.87. The molecule has 1 saturated carbocycles. The molecule has 0 radical (unpaired) electrons. The molecular weight excluding hydrogens is 326 g/mol. The zero-order valence-electron chi connectivity index (χ0n) is 15.7. The fourth-order valence-electron chi connectivity index (χ4n) is 2.87. The smallest absolute Gasteiger partial charge is 0.251 e. The van der Waals surface area contributed by atoms with Gasteiger partial charge in [-0.2, -0.15) is 0 Å². The van der Waals surface area contributed by atoms with Crippen LogP contribution in [0.15, 0.2) is 42.5 Å². The zero-order valence-corrected chi connectivity index (χ0v) is 15.7. The Hall–Kier alpha value is -2.49. The lowest BCUT2D eigenvalue weighted by Gasteiger charge is -2.16. The second-order valence-corrected chi connectivity index (χ2v) is 6.98. The highest BCUT2D eigenvalue weighted by Crippen LogP contribution is 2.29. The number of amides is 1. The van der Waals surface area contributed by atoms with Gasteiger partial charge in [0.05, 0.1) is 6.61 Å². The minimum absolute atomic E-state index is 0.0284. The highest BCUT2D eigenvalue weighted by atomic mass is 16.5. The van der Waals surface area contributed by atoms with Gasteiger partial charge in [-0.15, -0.1) is 0 Å². The molecule has 4 nitrogen and oxygen atoms in total. The van der Waals surface area contributed by atoms with Crippen LogP contribution in [-0.2, 0) is 6.61 Å². The Morgan fingerprint density at radius 2 is 1.88 bits per heavy atom. The lowest BCUT2D eigenvalue weighted by Crippen LogP contribution is -2.25. The molecule has 0 spiro atoms. The van der Waals surface area contributed by atoms with Gasteiger partial charge in [-0.1, -0.05) is 32.0 Å². The van der Waals surface area contributed by atoms with E-state index in [2.05, 4.69) is 25.2 Å². The Bertz CT molecular complexity index is 766. The lowest BCUT2D eigenvalue weighted by molar-refractivity contribution is 0.0951. The Balaban J connectivity index is 1.79. The van der Waals surface area contributed by atoms with Crippen molar-refractivity contribution >= 4 is 5.91 Å². The Morgan fingerprint density at radius 3 is 2.58 bits per heavy atom. The lowest BCUT2D eigenvalue weighted by atomic mass is 10.0. The van der Waals surface area contributed by atoms with Crippen LogP contribution in [0.5, 0.6) is 11.5 Å². The minimum Gasteiger partial charge on any atom is -0.493 e. The van der Waals surface area contributed by atoms with E-state index in [1.165, 1.54) is 5.56 Å². The van der Waals surface area contributed by atoms with Gasteiger partial charge in [0, 0.05) is 17.2 Å². The van der Waals surface area contributed by atoms with Crippen molar-refractivity contribution in [2.24, 2.45) is 0 Å². The first-order valence-electron chi connectivity index (χ1n) is 9.36. The summed E-state index contributed by atoms with van der Waals surface area (Å²) in [6.07, 6.45) is 2.15. The van der Waals surface area contributed by atoms with Crippen molar-refractivity contribution in [3.63, 3.8) is 0 Å². The first kappa shape index (κ1) is 18.3. The molecule has 1 aliphatic rings. The normalized spacial score (nSPS) is 13.5. The molecule has 1 amide bonds. The molecule has 3 rings (SSSR count). The maximum Gasteiger partial charge on any atom is 0.251 e. The van der Waals surface area contributed by atoms with Gasteiger partial charge in [0.1, 0.15) is 18.1 Å². The monoisotopic (exact) mass is 353 g/mol. The van der Waals surface area contributed by atoms with Crippen molar-refractivity contribution in [1.82, 2.24) is 5.32 Å². The maximum atomic E-state index is 12.3. The molecule has 1 N–H and O–H groups in total. The zero-order chi connectivity index (χ0) is 18.5. The Kier molecular flexibility index (Phi) is 5.82. The molecule has 0 bridgehead atoms. The van der Waals surface area contributed by atoms with Gasteiger partial charge >= 0.3 is 0 Å². The van der Waals surface area contributed by atoms with Gasteiger partial charge in [-0.3, -0.25) is 4.79 Å². The first-order chi connectivity index (χ1) is 12.6. The molecule has 26 heavy (non-hydrogen) atoms. The van der Waals surface area contributed by atoms with Crippen LogP contribution in [0.4, 0.5) is 0 Å².